The lowest BCUT2D eigenvalue weighted by atomic mass is 9.97. The molecule has 1 aliphatic heterocycles. The van der Waals surface area contributed by atoms with Gasteiger partial charge < -0.3 is 14.6 Å². The van der Waals surface area contributed by atoms with E-state index >= 15 is 0 Å². The third kappa shape index (κ3) is 3.23. The lowest BCUT2D eigenvalue weighted by Gasteiger charge is -2.26. The Labute approximate surface area is 140 Å². The Hall–Kier alpha value is -2.47. The zero-order valence-electron chi connectivity index (χ0n) is 14.2. The average molecular weight is 327 g/mol. The molecule has 0 radical (unpaired) electrons. The van der Waals surface area contributed by atoms with Gasteiger partial charge in [-0.25, -0.2) is 4.79 Å². The van der Waals surface area contributed by atoms with Crippen LogP contribution < -0.4 is 5.69 Å². The van der Waals surface area contributed by atoms with Crippen LogP contribution in [-0.2, 0) is 4.74 Å². The average Bonchev–Trinajstić information content (AvgIpc) is 2.53. The molecule has 1 aromatic heterocycles. The summed E-state index contributed by atoms with van der Waals surface area (Å²) in [6, 6.07) is 5.77. The fourth-order valence-corrected chi connectivity index (χ4v) is 3.22. The molecule has 6 nitrogen and oxygen atoms in total. The molecule has 0 saturated carbocycles. The molecule has 2 aromatic rings. The molecule has 0 aliphatic carbocycles. The van der Waals surface area contributed by atoms with Crippen molar-refractivity contribution in [1.29, 1.82) is 0 Å². The first-order valence-electron chi connectivity index (χ1n) is 8.02. The molecular formula is C18H21N3O3. The molecule has 0 atom stereocenters. The van der Waals surface area contributed by atoms with Crippen LogP contribution in [0.15, 0.2) is 23.0 Å². The predicted molar refractivity (Wildman–Crippen MR) is 91.2 cm³/mol. The van der Waals surface area contributed by atoms with Gasteiger partial charge in [0.2, 0.25) is 0 Å². The first kappa shape index (κ1) is 16.4. The molecule has 1 amide bonds. The number of aromatic amines is 1. The number of ether oxygens (including phenoxy) is 1. The van der Waals surface area contributed by atoms with Crippen molar-refractivity contribution in [2.45, 2.75) is 20.8 Å². The second-order valence-corrected chi connectivity index (χ2v) is 6.16. The van der Waals surface area contributed by atoms with Gasteiger partial charge in [0.1, 0.15) is 5.69 Å². The zero-order valence-corrected chi connectivity index (χ0v) is 14.2. The first-order chi connectivity index (χ1) is 11.5. The molecule has 2 heterocycles. The summed E-state index contributed by atoms with van der Waals surface area (Å²) in [5.41, 5.74) is 4.43. The maximum Gasteiger partial charge on any atom is 0.346 e. The summed E-state index contributed by atoms with van der Waals surface area (Å²) in [4.78, 5) is 33.0. The van der Waals surface area contributed by atoms with Gasteiger partial charge in [-0.15, -0.1) is 0 Å². The van der Waals surface area contributed by atoms with E-state index in [-0.39, 0.29) is 11.6 Å². The highest BCUT2D eigenvalue weighted by Crippen LogP contribution is 2.26. The van der Waals surface area contributed by atoms with E-state index < -0.39 is 5.69 Å². The van der Waals surface area contributed by atoms with Crippen LogP contribution in [0.1, 0.15) is 27.2 Å². The fourth-order valence-electron chi connectivity index (χ4n) is 3.22. The van der Waals surface area contributed by atoms with Crippen molar-refractivity contribution in [1.82, 2.24) is 14.9 Å². The number of aromatic nitrogens is 2. The maximum absolute atomic E-state index is 12.6. The van der Waals surface area contributed by atoms with Crippen LogP contribution in [0.25, 0.3) is 11.3 Å². The highest BCUT2D eigenvalue weighted by atomic mass is 16.5. The molecule has 6 heteroatoms. The van der Waals surface area contributed by atoms with E-state index in [1.54, 1.807) is 11.0 Å². The first-order valence-corrected chi connectivity index (χ1v) is 8.02. The van der Waals surface area contributed by atoms with Crippen molar-refractivity contribution in [3.05, 3.63) is 51.1 Å². The summed E-state index contributed by atoms with van der Waals surface area (Å²) in [6.45, 7) is 8.10. The molecule has 1 aromatic carbocycles. The maximum atomic E-state index is 12.6. The molecule has 1 aliphatic rings. The van der Waals surface area contributed by atoms with Crippen molar-refractivity contribution in [3.8, 4) is 11.3 Å². The van der Waals surface area contributed by atoms with Crippen LogP contribution in [0.2, 0.25) is 0 Å². The zero-order chi connectivity index (χ0) is 17.3. The Bertz CT molecular complexity index is 813. The molecular weight excluding hydrogens is 306 g/mol. The van der Waals surface area contributed by atoms with Crippen LogP contribution in [0, 0.1) is 20.8 Å². The second kappa shape index (κ2) is 6.57. The SMILES string of the molecule is Cc1cc(C)c(-c2cc(C(=O)N3CCOCC3)[nH]c(=O)n2)c(C)c1. The van der Waals surface area contributed by atoms with Crippen molar-refractivity contribution >= 4 is 5.91 Å². The standard InChI is InChI=1S/C18H21N3O3/c1-11-8-12(2)16(13(3)9-11)14-10-15(20-18(23)19-14)17(22)21-4-6-24-7-5-21/h8-10H,4-7H2,1-3H3,(H,19,20,23). The summed E-state index contributed by atoms with van der Waals surface area (Å²) < 4.78 is 5.27. The van der Waals surface area contributed by atoms with E-state index in [0.29, 0.717) is 32.0 Å². The fraction of sp³-hybridized carbons (Fsp3) is 0.389. The summed E-state index contributed by atoms with van der Waals surface area (Å²) in [5, 5.41) is 0. The molecule has 0 bridgehead atoms. The smallest absolute Gasteiger partial charge is 0.346 e. The lowest BCUT2D eigenvalue weighted by molar-refractivity contribution is 0.0298. The monoisotopic (exact) mass is 327 g/mol. The van der Waals surface area contributed by atoms with Gasteiger partial charge in [0.25, 0.3) is 5.91 Å². The summed E-state index contributed by atoms with van der Waals surface area (Å²) in [5.74, 6) is -0.193. The number of morpholine rings is 1. The van der Waals surface area contributed by atoms with E-state index in [4.69, 9.17) is 4.74 Å². The Morgan fingerprint density at radius 1 is 1.12 bits per heavy atom. The van der Waals surface area contributed by atoms with E-state index in [1.807, 2.05) is 20.8 Å². The summed E-state index contributed by atoms with van der Waals surface area (Å²) in [7, 11) is 0. The van der Waals surface area contributed by atoms with Crippen LogP contribution in [0.4, 0.5) is 0 Å². The number of carbonyl (C=O) groups is 1. The van der Waals surface area contributed by atoms with Gasteiger partial charge in [-0.1, -0.05) is 17.7 Å². The van der Waals surface area contributed by atoms with Crippen LogP contribution >= 0.6 is 0 Å². The quantitative estimate of drug-likeness (QED) is 0.913. The molecule has 1 saturated heterocycles. The number of hydrogen-bond acceptors (Lipinski definition) is 4. The number of carbonyl (C=O) groups excluding carboxylic acids is 1. The van der Waals surface area contributed by atoms with Gasteiger partial charge in [0.15, 0.2) is 0 Å². The van der Waals surface area contributed by atoms with Gasteiger partial charge in [-0.2, -0.15) is 4.98 Å². The number of H-pyrrole nitrogens is 1. The van der Waals surface area contributed by atoms with Gasteiger partial charge in [0.05, 0.1) is 18.9 Å². The number of nitrogens with zero attached hydrogens (tertiary/aromatic N) is 2. The number of hydrogen-bond donors (Lipinski definition) is 1. The number of amides is 1. The second-order valence-electron chi connectivity index (χ2n) is 6.16. The molecule has 126 valence electrons. The van der Waals surface area contributed by atoms with Crippen LogP contribution in [-0.4, -0.2) is 47.1 Å². The van der Waals surface area contributed by atoms with Gasteiger partial charge in [0, 0.05) is 18.7 Å². The highest BCUT2D eigenvalue weighted by molar-refractivity contribution is 5.93. The van der Waals surface area contributed by atoms with Crippen LogP contribution in [0.5, 0.6) is 0 Å². The molecule has 0 spiro atoms. The van der Waals surface area contributed by atoms with Gasteiger partial charge >= 0.3 is 5.69 Å². The van der Waals surface area contributed by atoms with Gasteiger partial charge in [-0.05, 0) is 38.0 Å². The Morgan fingerprint density at radius 3 is 2.38 bits per heavy atom. The highest BCUT2D eigenvalue weighted by Gasteiger charge is 2.21. The largest absolute Gasteiger partial charge is 0.378 e. The molecule has 0 unspecified atom stereocenters. The van der Waals surface area contributed by atoms with Crippen LogP contribution in [0.3, 0.4) is 0 Å². The molecule has 1 N–H and O–H groups in total. The molecule has 1 fully saturated rings. The Kier molecular flexibility index (Phi) is 4.49. The van der Waals surface area contributed by atoms with Gasteiger partial charge in [-0.3, -0.25) is 4.79 Å². The Balaban J connectivity index is 2.04. The summed E-state index contributed by atoms with van der Waals surface area (Å²) >= 11 is 0. The Morgan fingerprint density at radius 2 is 1.75 bits per heavy atom. The molecule has 3 rings (SSSR count). The van der Waals surface area contributed by atoms with Crippen molar-refractivity contribution in [3.63, 3.8) is 0 Å². The summed E-state index contributed by atoms with van der Waals surface area (Å²) in [6.07, 6.45) is 0. The third-order valence-corrected chi connectivity index (χ3v) is 4.21. The minimum atomic E-state index is -0.511. The lowest BCUT2D eigenvalue weighted by Crippen LogP contribution is -2.41. The minimum absolute atomic E-state index is 0.193. The van der Waals surface area contributed by atoms with E-state index in [1.165, 1.54) is 0 Å². The predicted octanol–water partition coefficient (Wildman–Crippen LogP) is 1.83. The topological polar surface area (TPSA) is 75.3 Å². The van der Waals surface area contributed by atoms with Crippen molar-refractivity contribution in [2.24, 2.45) is 0 Å². The number of rotatable bonds is 2. The third-order valence-electron chi connectivity index (χ3n) is 4.21. The van der Waals surface area contributed by atoms with E-state index in [2.05, 4.69) is 22.1 Å². The number of nitrogens with one attached hydrogen (secondary N) is 1. The number of aryl methyl sites for hydroxylation is 3. The van der Waals surface area contributed by atoms with E-state index in [9.17, 15) is 9.59 Å². The van der Waals surface area contributed by atoms with Crippen molar-refractivity contribution < 1.29 is 9.53 Å². The molecule has 24 heavy (non-hydrogen) atoms. The number of benzene rings is 1. The van der Waals surface area contributed by atoms with E-state index in [0.717, 1.165) is 22.3 Å². The normalized spacial score (nSPS) is 14.7. The minimum Gasteiger partial charge on any atom is -0.378 e. The van der Waals surface area contributed by atoms with Crippen molar-refractivity contribution in [2.75, 3.05) is 26.3 Å².